The SMILES string of the molecule is CC(=O)N1c2ccc(F)cc2CC[C@@H]1C.CC(C)(C)OC(=O)NCC#Cc1ccc(N)cc1. The highest BCUT2D eigenvalue weighted by atomic mass is 19.1. The number of nitrogens with one attached hydrogen (secondary N) is 1. The number of amides is 2. The van der Waals surface area contributed by atoms with Gasteiger partial charge in [-0.3, -0.25) is 4.79 Å². The molecule has 6 nitrogen and oxygen atoms in total. The molecule has 0 spiro atoms. The smallest absolute Gasteiger partial charge is 0.408 e. The van der Waals surface area contributed by atoms with Crippen LogP contribution in [0.5, 0.6) is 0 Å². The number of carbonyl (C=O) groups is 2. The Balaban J connectivity index is 0.000000237. The number of nitrogen functional groups attached to an aromatic ring is 1. The number of carbonyl (C=O) groups excluding carboxylic acids is 2. The number of fused-ring (bicyclic) bond motifs is 1. The summed E-state index contributed by atoms with van der Waals surface area (Å²) in [4.78, 5) is 24.5. The van der Waals surface area contributed by atoms with Crippen molar-refractivity contribution in [2.75, 3.05) is 17.2 Å². The van der Waals surface area contributed by atoms with Crippen LogP contribution < -0.4 is 16.0 Å². The molecule has 1 aliphatic rings. The van der Waals surface area contributed by atoms with Crippen LogP contribution in [0.2, 0.25) is 0 Å². The van der Waals surface area contributed by atoms with Crippen molar-refractivity contribution < 1.29 is 18.7 Å². The van der Waals surface area contributed by atoms with Gasteiger partial charge in [0, 0.05) is 29.9 Å². The summed E-state index contributed by atoms with van der Waals surface area (Å²) >= 11 is 0. The molecule has 3 N–H and O–H groups in total. The molecule has 2 aromatic carbocycles. The molecule has 2 amide bonds. The molecule has 0 aromatic heterocycles. The summed E-state index contributed by atoms with van der Waals surface area (Å²) in [6.07, 6.45) is 1.28. The van der Waals surface area contributed by atoms with E-state index in [1.807, 2.05) is 39.8 Å². The quantitative estimate of drug-likeness (QED) is 0.486. The van der Waals surface area contributed by atoms with Crippen LogP contribution in [0.25, 0.3) is 0 Å². The van der Waals surface area contributed by atoms with Crippen molar-refractivity contribution in [2.45, 2.75) is 59.1 Å². The number of ether oxygens (including phenoxy) is 1. The summed E-state index contributed by atoms with van der Waals surface area (Å²) in [6, 6.07) is 12.1. The van der Waals surface area contributed by atoms with Gasteiger partial charge < -0.3 is 20.7 Å². The number of benzene rings is 2. The van der Waals surface area contributed by atoms with Gasteiger partial charge in [0.1, 0.15) is 11.4 Å². The molecule has 0 aliphatic carbocycles. The Morgan fingerprint density at radius 1 is 1.21 bits per heavy atom. The minimum atomic E-state index is -0.492. The van der Waals surface area contributed by atoms with Gasteiger partial charge in [-0.1, -0.05) is 11.8 Å². The molecular weight excluding hydrogens is 421 g/mol. The Hall–Kier alpha value is -3.53. The fourth-order valence-corrected chi connectivity index (χ4v) is 3.34. The first-order chi connectivity index (χ1) is 15.5. The van der Waals surface area contributed by atoms with Gasteiger partial charge in [-0.15, -0.1) is 0 Å². The molecule has 176 valence electrons. The summed E-state index contributed by atoms with van der Waals surface area (Å²) in [5, 5.41) is 2.56. The number of nitrogens with zero attached hydrogens (tertiary/aromatic N) is 1. The second-order valence-electron chi connectivity index (χ2n) is 8.83. The van der Waals surface area contributed by atoms with E-state index in [2.05, 4.69) is 17.2 Å². The van der Waals surface area contributed by atoms with Crippen molar-refractivity contribution in [2.24, 2.45) is 0 Å². The van der Waals surface area contributed by atoms with Crippen LogP contribution in [-0.4, -0.2) is 30.2 Å². The predicted octanol–water partition coefficient (Wildman–Crippen LogP) is 4.66. The molecule has 0 unspecified atom stereocenters. The van der Waals surface area contributed by atoms with Crippen LogP contribution in [0.15, 0.2) is 42.5 Å². The van der Waals surface area contributed by atoms with Crippen molar-refractivity contribution in [3.05, 3.63) is 59.4 Å². The van der Waals surface area contributed by atoms with Crippen LogP contribution >= 0.6 is 0 Å². The number of hydrogen-bond donors (Lipinski definition) is 2. The van der Waals surface area contributed by atoms with Gasteiger partial charge >= 0.3 is 6.09 Å². The molecule has 0 saturated heterocycles. The highest BCUT2D eigenvalue weighted by Crippen LogP contribution is 2.31. The zero-order valence-corrected chi connectivity index (χ0v) is 19.9. The summed E-state index contributed by atoms with van der Waals surface area (Å²) in [5.41, 5.74) is 8.42. The maximum Gasteiger partial charge on any atom is 0.408 e. The fraction of sp³-hybridized carbons (Fsp3) is 0.385. The standard InChI is InChI=1S/C14H18N2O2.C12H14FNO/c1-14(2,3)18-13(17)16-10-4-5-11-6-8-12(15)9-7-11;1-8-3-4-10-7-11(13)5-6-12(10)14(8)9(2)15/h6-9H,10,15H2,1-3H3,(H,16,17);5-8H,3-4H2,1-2H3/t;8-/m.0/s1. The van der Waals surface area contributed by atoms with Crippen LogP contribution in [0.1, 0.15) is 52.2 Å². The van der Waals surface area contributed by atoms with Crippen molar-refractivity contribution in [3.8, 4) is 11.8 Å². The maximum absolute atomic E-state index is 13.0. The van der Waals surface area contributed by atoms with E-state index in [1.165, 1.54) is 12.1 Å². The molecule has 1 atom stereocenters. The Labute approximate surface area is 195 Å². The van der Waals surface area contributed by atoms with Gasteiger partial charge in [-0.05, 0) is 88.6 Å². The van der Waals surface area contributed by atoms with Crippen molar-refractivity contribution in [1.82, 2.24) is 5.32 Å². The second-order valence-corrected chi connectivity index (χ2v) is 8.83. The third-order valence-corrected chi connectivity index (χ3v) is 4.78. The monoisotopic (exact) mass is 453 g/mol. The van der Waals surface area contributed by atoms with Crippen LogP contribution in [-0.2, 0) is 16.0 Å². The van der Waals surface area contributed by atoms with E-state index in [1.54, 1.807) is 30.0 Å². The molecule has 0 radical (unpaired) electrons. The van der Waals surface area contributed by atoms with Crippen molar-refractivity contribution in [1.29, 1.82) is 0 Å². The largest absolute Gasteiger partial charge is 0.444 e. The number of anilines is 2. The molecule has 1 aliphatic heterocycles. The number of aryl methyl sites for hydroxylation is 1. The van der Waals surface area contributed by atoms with Gasteiger partial charge in [-0.2, -0.15) is 0 Å². The van der Waals surface area contributed by atoms with E-state index in [-0.39, 0.29) is 24.3 Å². The minimum Gasteiger partial charge on any atom is -0.444 e. The summed E-state index contributed by atoms with van der Waals surface area (Å²) in [5.74, 6) is 5.54. The van der Waals surface area contributed by atoms with Crippen molar-refractivity contribution in [3.63, 3.8) is 0 Å². The summed E-state index contributed by atoms with van der Waals surface area (Å²) in [6.45, 7) is 9.26. The first-order valence-corrected chi connectivity index (χ1v) is 10.9. The van der Waals surface area contributed by atoms with Gasteiger partial charge in [0.25, 0.3) is 0 Å². The first kappa shape index (κ1) is 25.7. The lowest BCUT2D eigenvalue weighted by Gasteiger charge is -2.34. The fourth-order valence-electron chi connectivity index (χ4n) is 3.34. The van der Waals surface area contributed by atoms with Gasteiger partial charge in [0.05, 0.1) is 6.54 Å². The molecule has 7 heteroatoms. The Morgan fingerprint density at radius 2 is 1.88 bits per heavy atom. The van der Waals surface area contributed by atoms with Crippen LogP contribution in [0, 0.1) is 17.7 Å². The number of alkyl carbamates (subject to hydrolysis) is 1. The Morgan fingerprint density at radius 3 is 2.48 bits per heavy atom. The zero-order valence-electron chi connectivity index (χ0n) is 19.9. The van der Waals surface area contributed by atoms with Crippen LogP contribution in [0.3, 0.4) is 0 Å². The Bertz CT molecular complexity index is 1030. The van der Waals surface area contributed by atoms with E-state index in [9.17, 15) is 14.0 Å². The number of hydrogen-bond acceptors (Lipinski definition) is 4. The minimum absolute atomic E-state index is 0.0232. The van der Waals surface area contributed by atoms with E-state index in [0.717, 1.165) is 29.7 Å². The lowest BCUT2D eigenvalue weighted by molar-refractivity contribution is -0.117. The number of nitrogens with two attached hydrogens (primary N) is 1. The molecule has 2 aromatic rings. The number of rotatable bonds is 1. The number of halogens is 1. The second kappa shape index (κ2) is 11.4. The third-order valence-electron chi connectivity index (χ3n) is 4.78. The molecule has 1 heterocycles. The molecular formula is C26H32FN3O3. The van der Waals surface area contributed by atoms with Crippen LogP contribution in [0.4, 0.5) is 20.6 Å². The Kier molecular flexibility index (Phi) is 8.86. The first-order valence-electron chi connectivity index (χ1n) is 10.9. The lowest BCUT2D eigenvalue weighted by Crippen LogP contribution is -2.40. The van der Waals surface area contributed by atoms with Gasteiger partial charge in [0.2, 0.25) is 5.91 Å². The molecule has 0 saturated carbocycles. The molecule has 0 bridgehead atoms. The van der Waals surface area contributed by atoms with E-state index < -0.39 is 11.7 Å². The van der Waals surface area contributed by atoms with Crippen molar-refractivity contribution >= 4 is 23.4 Å². The van der Waals surface area contributed by atoms with E-state index in [0.29, 0.717) is 5.69 Å². The lowest BCUT2D eigenvalue weighted by atomic mass is 9.96. The normalized spacial score (nSPS) is 14.6. The van der Waals surface area contributed by atoms with E-state index in [4.69, 9.17) is 10.5 Å². The molecule has 0 fully saturated rings. The topological polar surface area (TPSA) is 84.7 Å². The third kappa shape index (κ3) is 8.49. The maximum atomic E-state index is 13.0. The predicted molar refractivity (Wildman–Crippen MR) is 129 cm³/mol. The van der Waals surface area contributed by atoms with Gasteiger partial charge in [0.15, 0.2) is 0 Å². The average molecular weight is 454 g/mol. The average Bonchev–Trinajstić information content (AvgIpc) is 2.71. The highest BCUT2D eigenvalue weighted by Gasteiger charge is 2.25. The molecule has 3 rings (SSSR count). The van der Waals surface area contributed by atoms with E-state index >= 15 is 0 Å². The summed E-state index contributed by atoms with van der Waals surface area (Å²) < 4.78 is 18.1. The highest BCUT2D eigenvalue weighted by molar-refractivity contribution is 5.93. The zero-order chi connectivity index (χ0) is 24.6. The molecule has 33 heavy (non-hydrogen) atoms. The van der Waals surface area contributed by atoms with Gasteiger partial charge in [-0.25, -0.2) is 9.18 Å². The summed E-state index contributed by atoms with van der Waals surface area (Å²) in [7, 11) is 0.